The molecule has 1 N–H and O–H groups in total. The second-order valence-corrected chi connectivity index (χ2v) is 7.23. The van der Waals surface area contributed by atoms with Crippen molar-refractivity contribution in [3.63, 3.8) is 0 Å². The molecule has 1 heterocycles. The van der Waals surface area contributed by atoms with Crippen molar-refractivity contribution in [1.82, 2.24) is 5.32 Å². The first kappa shape index (κ1) is 26.1. The van der Waals surface area contributed by atoms with Crippen LogP contribution in [0, 0.1) is 0 Å². The molecule has 0 amide bonds. The maximum atomic E-state index is 13.9. The number of rotatable bonds is 8. The Balaban J connectivity index is 2.63. The van der Waals surface area contributed by atoms with Crippen molar-refractivity contribution in [1.29, 1.82) is 0 Å². The van der Waals surface area contributed by atoms with E-state index in [0.717, 1.165) is 6.07 Å². The first-order valence-electron chi connectivity index (χ1n) is 10.7. The summed E-state index contributed by atoms with van der Waals surface area (Å²) in [5.41, 5.74) is -0.548. The van der Waals surface area contributed by atoms with E-state index in [9.17, 15) is 22.8 Å². The number of alkyl halides is 3. The minimum atomic E-state index is -4.70. The van der Waals surface area contributed by atoms with Crippen LogP contribution in [-0.2, 0) is 25.1 Å². The van der Waals surface area contributed by atoms with Crippen molar-refractivity contribution in [2.45, 2.75) is 59.1 Å². The highest BCUT2D eigenvalue weighted by molar-refractivity contribution is 5.65. The SMILES string of the molecule is CCCOC(=O)OC1=C(C)NC(CC)=C(OC(=O)OCCC)C1c1ccccc1C(F)(F)F. The largest absolute Gasteiger partial charge is 0.513 e. The second kappa shape index (κ2) is 11.6. The molecular weight excluding hydrogens is 443 g/mol. The van der Waals surface area contributed by atoms with Crippen LogP contribution < -0.4 is 5.32 Å². The number of halogens is 3. The van der Waals surface area contributed by atoms with E-state index in [2.05, 4.69) is 5.32 Å². The molecule has 10 heteroatoms. The van der Waals surface area contributed by atoms with E-state index in [1.54, 1.807) is 27.7 Å². The molecule has 1 unspecified atom stereocenters. The fourth-order valence-corrected chi connectivity index (χ4v) is 3.28. The van der Waals surface area contributed by atoms with E-state index in [1.807, 2.05) is 0 Å². The number of hydrogen-bond donors (Lipinski definition) is 1. The highest BCUT2D eigenvalue weighted by atomic mass is 19.4. The molecule has 1 aliphatic rings. The highest BCUT2D eigenvalue weighted by Gasteiger charge is 2.42. The number of carbonyl (C=O) groups excluding carboxylic acids is 2. The molecule has 0 radical (unpaired) electrons. The van der Waals surface area contributed by atoms with Crippen LogP contribution in [-0.4, -0.2) is 25.5 Å². The fourth-order valence-electron chi connectivity index (χ4n) is 3.28. The number of nitrogens with one attached hydrogen (secondary N) is 1. The molecule has 0 aromatic heterocycles. The van der Waals surface area contributed by atoms with E-state index in [4.69, 9.17) is 18.9 Å². The third-order valence-electron chi connectivity index (χ3n) is 4.70. The Bertz CT molecular complexity index is 923. The number of hydrogen-bond acceptors (Lipinski definition) is 7. The summed E-state index contributed by atoms with van der Waals surface area (Å²) in [5.74, 6) is -1.65. The summed E-state index contributed by atoms with van der Waals surface area (Å²) in [6.07, 6.45) is -5.49. The summed E-state index contributed by atoms with van der Waals surface area (Å²) < 4.78 is 62.3. The monoisotopic (exact) mass is 471 g/mol. The first-order chi connectivity index (χ1) is 15.6. The van der Waals surface area contributed by atoms with Gasteiger partial charge in [0, 0.05) is 0 Å². The molecule has 7 nitrogen and oxygen atoms in total. The fraction of sp³-hybridized carbons (Fsp3) is 0.478. The molecule has 0 saturated heterocycles. The van der Waals surface area contributed by atoms with Crippen LogP contribution in [0.5, 0.6) is 0 Å². The Morgan fingerprint density at radius 1 is 0.939 bits per heavy atom. The van der Waals surface area contributed by atoms with E-state index >= 15 is 0 Å². The molecule has 0 aliphatic carbocycles. The van der Waals surface area contributed by atoms with Gasteiger partial charge in [-0.05, 0) is 37.8 Å². The lowest BCUT2D eigenvalue weighted by Crippen LogP contribution is -2.31. The lowest BCUT2D eigenvalue weighted by Gasteiger charge is -2.32. The summed E-state index contributed by atoms with van der Waals surface area (Å²) in [6, 6.07) is 4.84. The predicted octanol–water partition coefficient (Wildman–Crippen LogP) is 6.37. The Kier molecular flexibility index (Phi) is 9.19. The number of allylic oxidation sites excluding steroid dienone is 2. The average molecular weight is 471 g/mol. The van der Waals surface area contributed by atoms with Gasteiger partial charge in [0.25, 0.3) is 0 Å². The van der Waals surface area contributed by atoms with E-state index in [1.165, 1.54) is 18.2 Å². The Morgan fingerprint density at radius 2 is 1.48 bits per heavy atom. The molecule has 2 rings (SSSR count). The Morgan fingerprint density at radius 3 is 2.00 bits per heavy atom. The van der Waals surface area contributed by atoms with Gasteiger partial charge in [0.05, 0.1) is 30.2 Å². The number of carbonyl (C=O) groups is 2. The van der Waals surface area contributed by atoms with Gasteiger partial charge in [-0.15, -0.1) is 0 Å². The molecule has 1 aromatic carbocycles. The van der Waals surface area contributed by atoms with Gasteiger partial charge < -0.3 is 24.3 Å². The van der Waals surface area contributed by atoms with Crippen molar-refractivity contribution in [3.05, 3.63) is 58.3 Å². The van der Waals surface area contributed by atoms with Crippen molar-refractivity contribution in [2.24, 2.45) is 0 Å². The van der Waals surface area contributed by atoms with E-state index < -0.39 is 30.0 Å². The van der Waals surface area contributed by atoms with Crippen molar-refractivity contribution < 1.29 is 41.7 Å². The standard InChI is InChI=1S/C23H28F3NO6/c1-5-12-30-21(28)32-19-14(4)27-17(7-3)20(33-22(29)31-13-6-2)18(19)15-10-8-9-11-16(15)23(24,25)26/h8-11,18,27H,5-7,12-13H2,1-4H3. The molecule has 0 bridgehead atoms. The van der Waals surface area contributed by atoms with Crippen LogP contribution in [0.2, 0.25) is 0 Å². The maximum absolute atomic E-state index is 13.9. The van der Waals surface area contributed by atoms with Gasteiger partial charge in [-0.1, -0.05) is 39.0 Å². The molecule has 33 heavy (non-hydrogen) atoms. The van der Waals surface area contributed by atoms with Gasteiger partial charge in [0.1, 0.15) is 17.4 Å². The van der Waals surface area contributed by atoms with Gasteiger partial charge >= 0.3 is 18.5 Å². The molecule has 0 spiro atoms. The molecule has 0 saturated carbocycles. The molecule has 1 aromatic rings. The molecule has 1 atom stereocenters. The average Bonchev–Trinajstić information content (AvgIpc) is 2.77. The highest BCUT2D eigenvalue weighted by Crippen LogP contribution is 2.45. The van der Waals surface area contributed by atoms with E-state index in [-0.39, 0.29) is 36.0 Å². The van der Waals surface area contributed by atoms with Crippen LogP contribution in [0.3, 0.4) is 0 Å². The predicted molar refractivity (Wildman–Crippen MR) is 113 cm³/mol. The smallest absolute Gasteiger partial charge is 0.434 e. The van der Waals surface area contributed by atoms with Gasteiger partial charge in [-0.2, -0.15) is 13.2 Å². The topological polar surface area (TPSA) is 83.1 Å². The minimum Gasteiger partial charge on any atom is -0.434 e. The molecule has 1 aliphatic heterocycles. The van der Waals surface area contributed by atoms with Gasteiger partial charge in [-0.3, -0.25) is 0 Å². The third-order valence-corrected chi connectivity index (χ3v) is 4.70. The van der Waals surface area contributed by atoms with Gasteiger partial charge in [0.2, 0.25) is 0 Å². The minimum absolute atomic E-state index is 0.0745. The van der Waals surface area contributed by atoms with Crippen molar-refractivity contribution in [3.8, 4) is 0 Å². The molecular formula is C23H28F3NO6. The number of benzene rings is 1. The lowest BCUT2D eigenvalue weighted by atomic mass is 9.86. The van der Waals surface area contributed by atoms with Crippen LogP contribution in [0.15, 0.2) is 47.2 Å². The zero-order valence-electron chi connectivity index (χ0n) is 19.0. The normalized spacial score (nSPS) is 16.3. The van der Waals surface area contributed by atoms with Crippen LogP contribution in [0.4, 0.5) is 22.8 Å². The van der Waals surface area contributed by atoms with Gasteiger partial charge in [0.15, 0.2) is 0 Å². The first-order valence-corrected chi connectivity index (χ1v) is 10.7. The summed E-state index contributed by atoms with van der Waals surface area (Å²) in [5, 5.41) is 2.96. The van der Waals surface area contributed by atoms with Gasteiger partial charge in [-0.25, -0.2) is 9.59 Å². The third kappa shape index (κ3) is 6.66. The quantitative estimate of drug-likeness (QED) is 0.441. The van der Waals surface area contributed by atoms with Crippen molar-refractivity contribution >= 4 is 12.3 Å². The zero-order chi connectivity index (χ0) is 24.6. The molecule has 182 valence electrons. The summed E-state index contributed by atoms with van der Waals surface area (Å²) in [4.78, 5) is 24.5. The van der Waals surface area contributed by atoms with Crippen molar-refractivity contribution in [2.75, 3.05) is 13.2 Å². The summed E-state index contributed by atoms with van der Waals surface area (Å²) in [7, 11) is 0. The number of dihydropyridines is 1. The van der Waals surface area contributed by atoms with E-state index in [0.29, 0.717) is 25.0 Å². The van der Waals surface area contributed by atoms with Crippen LogP contribution in [0.1, 0.15) is 64.0 Å². The summed E-state index contributed by atoms with van der Waals surface area (Å²) in [6.45, 7) is 7.01. The van der Waals surface area contributed by atoms with Crippen LogP contribution in [0.25, 0.3) is 0 Å². The lowest BCUT2D eigenvalue weighted by molar-refractivity contribution is -0.138. The summed E-state index contributed by atoms with van der Waals surface area (Å²) >= 11 is 0. The zero-order valence-corrected chi connectivity index (χ0v) is 19.0. The Hall–Kier alpha value is -3.17. The van der Waals surface area contributed by atoms with Crippen LogP contribution >= 0.6 is 0 Å². The second-order valence-electron chi connectivity index (χ2n) is 7.23. The maximum Gasteiger partial charge on any atom is 0.513 e. The molecule has 0 fully saturated rings. The number of ether oxygens (including phenoxy) is 4. The Labute approximate surface area is 190 Å².